The van der Waals surface area contributed by atoms with Gasteiger partial charge < -0.3 is 10.6 Å². The van der Waals surface area contributed by atoms with Gasteiger partial charge in [-0.05, 0) is 30.7 Å². The summed E-state index contributed by atoms with van der Waals surface area (Å²) >= 11 is 0. The third-order valence-corrected chi connectivity index (χ3v) is 3.52. The van der Waals surface area contributed by atoms with E-state index in [9.17, 15) is 10.1 Å². The molecular formula is C17H29IN4O2. The Kier molecular flexibility index (Phi) is 9.88. The number of nitro benzene ring substituents is 1. The summed E-state index contributed by atoms with van der Waals surface area (Å²) in [6.07, 6.45) is 2.18. The molecule has 7 heteroatoms. The molecule has 0 fully saturated rings. The summed E-state index contributed by atoms with van der Waals surface area (Å²) in [4.78, 5) is 14.6. The van der Waals surface area contributed by atoms with Crippen molar-refractivity contribution in [2.24, 2.45) is 10.4 Å². The first-order valence-corrected chi connectivity index (χ1v) is 7.92. The van der Waals surface area contributed by atoms with E-state index in [2.05, 4.69) is 43.3 Å². The zero-order chi connectivity index (χ0) is 17.5. The molecule has 1 rings (SSSR count). The minimum Gasteiger partial charge on any atom is -0.354 e. The fourth-order valence-corrected chi connectivity index (χ4v) is 2.12. The number of guanidine groups is 1. The van der Waals surface area contributed by atoms with E-state index in [1.54, 1.807) is 19.2 Å². The molecule has 24 heavy (non-hydrogen) atoms. The maximum absolute atomic E-state index is 10.8. The molecule has 0 aliphatic heterocycles. The van der Waals surface area contributed by atoms with Crippen molar-refractivity contribution in [2.45, 2.75) is 53.1 Å². The van der Waals surface area contributed by atoms with E-state index in [-0.39, 0.29) is 34.6 Å². The maximum atomic E-state index is 10.8. The number of rotatable bonds is 6. The second-order valence-corrected chi connectivity index (χ2v) is 7.00. The van der Waals surface area contributed by atoms with Crippen LogP contribution < -0.4 is 10.6 Å². The van der Waals surface area contributed by atoms with E-state index in [0.29, 0.717) is 24.0 Å². The lowest BCUT2D eigenvalue weighted by atomic mass is 9.89. The van der Waals surface area contributed by atoms with Crippen LogP contribution in [0.1, 0.15) is 46.1 Å². The average Bonchev–Trinajstić information content (AvgIpc) is 2.49. The number of hydrogen-bond donors (Lipinski definition) is 2. The molecule has 0 radical (unpaired) electrons. The fourth-order valence-electron chi connectivity index (χ4n) is 2.12. The van der Waals surface area contributed by atoms with Gasteiger partial charge in [-0.3, -0.25) is 15.1 Å². The molecule has 1 aromatic carbocycles. The Hall–Kier alpha value is -1.38. The molecule has 1 atom stereocenters. The van der Waals surface area contributed by atoms with Gasteiger partial charge >= 0.3 is 0 Å². The van der Waals surface area contributed by atoms with E-state index < -0.39 is 0 Å². The SMILES string of the molecule is CN=C(NCc1cccc([N+](=O)[O-])c1)NC(C)CCC(C)(C)C.I. The summed E-state index contributed by atoms with van der Waals surface area (Å²) in [7, 11) is 1.72. The van der Waals surface area contributed by atoms with Gasteiger partial charge in [0.15, 0.2) is 5.96 Å². The Morgan fingerprint density at radius 3 is 2.58 bits per heavy atom. The summed E-state index contributed by atoms with van der Waals surface area (Å²) in [6, 6.07) is 6.92. The van der Waals surface area contributed by atoms with Gasteiger partial charge in [-0.25, -0.2) is 0 Å². The smallest absolute Gasteiger partial charge is 0.269 e. The first kappa shape index (κ1) is 22.6. The monoisotopic (exact) mass is 448 g/mol. The third-order valence-electron chi connectivity index (χ3n) is 3.52. The summed E-state index contributed by atoms with van der Waals surface area (Å²) in [6.45, 7) is 9.32. The number of aliphatic imine (C=N–C) groups is 1. The zero-order valence-electron chi connectivity index (χ0n) is 15.1. The van der Waals surface area contributed by atoms with Gasteiger partial charge in [0, 0.05) is 31.8 Å². The van der Waals surface area contributed by atoms with Crippen molar-refractivity contribution >= 4 is 35.6 Å². The van der Waals surface area contributed by atoms with Gasteiger partial charge in [-0.2, -0.15) is 0 Å². The second kappa shape index (κ2) is 10.5. The molecule has 0 aromatic heterocycles. The first-order chi connectivity index (χ1) is 10.7. The summed E-state index contributed by atoms with van der Waals surface area (Å²) in [5.74, 6) is 0.706. The molecule has 136 valence electrons. The van der Waals surface area contributed by atoms with E-state index in [1.807, 2.05) is 6.07 Å². The maximum Gasteiger partial charge on any atom is 0.269 e. The van der Waals surface area contributed by atoms with Crippen molar-refractivity contribution in [3.05, 3.63) is 39.9 Å². The van der Waals surface area contributed by atoms with Crippen molar-refractivity contribution in [1.82, 2.24) is 10.6 Å². The van der Waals surface area contributed by atoms with Gasteiger partial charge in [0.2, 0.25) is 0 Å². The quantitative estimate of drug-likeness (QED) is 0.226. The van der Waals surface area contributed by atoms with Gasteiger partial charge in [0.25, 0.3) is 5.69 Å². The van der Waals surface area contributed by atoms with Crippen LogP contribution in [0.3, 0.4) is 0 Å². The van der Waals surface area contributed by atoms with Crippen LogP contribution in [0.15, 0.2) is 29.3 Å². The van der Waals surface area contributed by atoms with Gasteiger partial charge in [-0.15, -0.1) is 24.0 Å². The van der Waals surface area contributed by atoms with Gasteiger partial charge in [-0.1, -0.05) is 32.9 Å². The summed E-state index contributed by atoms with van der Waals surface area (Å²) in [5.41, 5.74) is 1.27. The highest BCUT2D eigenvalue weighted by Gasteiger charge is 2.13. The summed E-state index contributed by atoms with van der Waals surface area (Å²) < 4.78 is 0. The van der Waals surface area contributed by atoms with Crippen LogP contribution >= 0.6 is 24.0 Å². The van der Waals surface area contributed by atoms with Crippen molar-refractivity contribution in [1.29, 1.82) is 0 Å². The number of halogens is 1. The van der Waals surface area contributed by atoms with E-state index >= 15 is 0 Å². The first-order valence-electron chi connectivity index (χ1n) is 7.92. The molecule has 0 bridgehead atoms. The molecule has 0 amide bonds. The van der Waals surface area contributed by atoms with Crippen LogP contribution in [-0.4, -0.2) is 24.0 Å². The highest BCUT2D eigenvalue weighted by molar-refractivity contribution is 14.0. The van der Waals surface area contributed by atoms with E-state index in [1.165, 1.54) is 6.07 Å². The lowest BCUT2D eigenvalue weighted by molar-refractivity contribution is -0.384. The van der Waals surface area contributed by atoms with Crippen molar-refractivity contribution < 1.29 is 4.92 Å². The minimum atomic E-state index is -0.384. The molecule has 0 heterocycles. The molecule has 0 saturated heterocycles. The number of hydrogen-bond acceptors (Lipinski definition) is 3. The molecular weight excluding hydrogens is 419 g/mol. The lowest BCUT2D eigenvalue weighted by Crippen LogP contribution is -2.42. The number of nitro groups is 1. The standard InChI is InChI=1S/C17H28N4O2.HI/c1-13(9-10-17(2,3)4)20-16(18-5)19-12-14-7-6-8-15(11-14)21(22)23;/h6-8,11,13H,9-10,12H2,1-5H3,(H2,18,19,20);1H. The van der Waals surface area contributed by atoms with Crippen LogP contribution in [0.2, 0.25) is 0 Å². The molecule has 0 aliphatic carbocycles. The fraction of sp³-hybridized carbons (Fsp3) is 0.588. The van der Waals surface area contributed by atoms with Crippen LogP contribution in [0, 0.1) is 15.5 Å². The molecule has 1 aromatic rings. The van der Waals surface area contributed by atoms with Crippen molar-refractivity contribution in [3.8, 4) is 0 Å². The molecule has 2 N–H and O–H groups in total. The Morgan fingerprint density at radius 2 is 2.04 bits per heavy atom. The Bertz CT molecular complexity index is 556. The molecule has 0 aliphatic rings. The molecule has 1 unspecified atom stereocenters. The van der Waals surface area contributed by atoms with Crippen LogP contribution in [0.4, 0.5) is 5.69 Å². The molecule has 0 saturated carbocycles. The Labute approximate surface area is 161 Å². The Balaban J connectivity index is 0.00000529. The molecule has 6 nitrogen and oxygen atoms in total. The van der Waals surface area contributed by atoms with Crippen molar-refractivity contribution in [3.63, 3.8) is 0 Å². The molecule has 0 spiro atoms. The predicted molar refractivity (Wildman–Crippen MR) is 110 cm³/mol. The number of nitrogens with zero attached hydrogens (tertiary/aromatic N) is 2. The second-order valence-electron chi connectivity index (χ2n) is 7.00. The van der Waals surface area contributed by atoms with E-state index in [0.717, 1.165) is 18.4 Å². The summed E-state index contributed by atoms with van der Waals surface area (Å²) in [5, 5.41) is 17.3. The average molecular weight is 448 g/mol. The van der Waals surface area contributed by atoms with Crippen LogP contribution in [-0.2, 0) is 6.54 Å². The lowest BCUT2D eigenvalue weighted by Gasteiger charge is -2.23. The Morgan fingerprint density at radius 1 is 1.38 bits per heavy atom. The van der Waals surface area contributed by atoms with E-state index in [4.69, 9.17) is 0 Å². The largest absolute Gasteiger partial charge is 0.354 e. The normalized spacial score (nSPS) is 13.0. The van der Waals surface area contributed by atoms with Crippen LogP contribution in [0.5, 0.6) is 0 Å². The number of non-ortho nitro benzene ring substituents is 1. The van der Waals surface area contributed by atoms with Crippen molar-refractivity contribution in [2.75, 3.05) is 7.05 Å². The highest BCUT2D eigenvalue weighted by atomic mass is 127. The minimum absolute atomic E-state index is 0. The van der Waals surface area contributed by atoms with Gasteiger partial charge in [0.1, 0.15) is 0 Å². The topological polar surface area (TPSA) is 79.6 Å². The zero-order valence-corrected chi connectivity index (χ0v) is 17.5. The third kappa shape index (κ3) is 9.05. The van der Waals surface area contributed by atoms with Crippen LogP contribution in [0.25, 0.3) is 0 Å². The predicted octanol–water partition coefficient (Wildman–Crippen LogP) is 4.09. The van der Waals surface area contributed by atoms with Gasteiger partial charge in [0.05, 0.1) is 4.92 Å². The number of benzene rings is 1. The number of nitrogens with one attached hydrogen (secondary N) is 2. The highest BCUT2D eigenvalue weighted by Crippen LogP contribution is 2.21.